The van der Waals surface area contributed by atoms with E-state index in [0.29, 0.717) is 19.3 Å². The van der Waals surface area contributed by atoms with Gasteiger partial charge in [0, 0.05) is 32.1 Å². The molecular formula is C18H17ClF4N4O2. The number of amides is 2. The summed E-state index contributed by atoms with van der Waals surface area (Å²) in [6.45, 7) is -0.0936. The zero-order valence-corrected chi connectivity index (χ0v) is 16.0. The minimum Gasteiger partial charge on any atom is -0.378 e. The maximum absolute atomic E-state index is 13.3. The fraction of sp³-hybridized carbons (Fsp3) is 0.444. The maximum atomic E-state index is 13.3. The molecule has 3 saturated carbocycles. The molecule has 0 atom stereocenters. The molecule has 6 nitrogen and oxygen atoms in total. The second-order valence-electron chi connectivity index (χ2n) is 7.56. The number of carbonyl (C=O) groups is 1. The van der Waals surface area contributed by atoms with Gasteiger partial charge in [0.15, 0.2) is 5.69 Å². The summed E-state index contributed by atoms with van der Waals surface area (Å²) in [5, 5.41) is 8.11. The number of halogens is 5. The molecule has 0 saturated heterocycles. The first kappa shape index (κ1) is 20.0. The first-order valence-corrected chi connectivity index (χ1v) is 9.14. The van der Waals surface area contributed by atoms with Gasteiger partial charge in [0.25, 0.3) is 0 Å². The zero-order valence-electron chi connectivity index (χ0n) is 15.2. The Labute approximate surface area is 168 Å². The summed E-state index contributed by atoms with van der Waals surface area (Å²) in [6.07, 6.45) is -2.81. The van der Waals surface area contributed by atoms with E-state index in [2.05, 4.69) is 15.5 Å². The number of benzene rings is 1. The predicted molar refractivity (Wildman–Crippen MR) is 95.9 cm³/mol. The molecule has 2 amide bonds. The normalized spacial score (nSPS) is 25.2. The van der Waals surface area contributed by atoms with Crippen LogP contribution in [0.1, 0.15) is 30.7 Å². The molecule has 0 radical (unpaired) electrons. The number of urea groups is 1. The molecule has 2 N–H and O–H groups in total. The second-order valence-corrected chi connectivity index (χ2v) is 7.97. The van der Waals surface area contributed by atoms with Crippen LogP contribution in [0.4, 0.5) is 28.0 Å². The Balaban J connectivity index is 1.55. The molecule has 11 heteroatoms. The van der Waals surface area contributed by atoms with Gasteiger partial charge in [-0.3, -0.25) is 5.10 Å². The van der Waals surface area contributed by atoms with Gasteiger partial charge in [-0.05, 0) is 24.3 Å². The van der Waals surface area contributed by atoms with E-state index >= 15 is 0 Å². The quantitative estimate of drug-likeness (QED) is 0.680. The van der Waals surface area contributed by atoms with Crippen LogP contribution in [0, 0.1) is 5.82 Å². The molecule has 0 spiro atoms. The number of alkyl halides is 3. The number of carbonyl (C=O) groups excluding carboxylic acids is 1. The van der Waals surface area contributed by atoms with Crippen LogP contribution in [0.5, 0.6) is 0 Å². The van der Waals surface area contributed by atoms with E-state index in [1.165, 1.54) is 17.0 Å². The summed E-state index contributed by atoms with van der Waals surface area (Å²) in [4.78, 5) is 14.4. The summed E-state index contributed by atoms with van der Waals surface area (Å²) in [5.41, 5.74) is -1.40. The molecular weight excluding hydrogens is 416 g/mol. The van der Waals surface area contributed by atoms with E-state index in [9.17, 15) is 22.4 Å². The van der Waals surface area contributed by atoms with Gasteiger partial charge >= 0.3 is 12.2 Å². The zero-order chi connectivity index (χ0) is 21.0. The van der Waals surface area contributed by atoms with Crippen molar-refractivity contribution in [3.05, 3.63) is 46.5 Å². The first-order valence-electron chi connectivity index (χ1n) is 8.76. The lowest BCUT2D eigenvalue weighted by atomic mass is 9.45. The fourth-order valence-corrected chi connectivity index (χ4v) is 4.31. The first-order chi connectivity index (χ1) is 13.6. The van der Waals surface area contributed by atoms with Crippen LogP contribution in [0.25, 0.3) is 0 Å². The standard InChI is InChI=1S/C18H17ClF4N4O2/c1-29-17-7-16(8-17,9-17)27(6-11-5-14(26-25-11)18(21,22)23)15(28)24-10-2-3-13(20)12(19)4-10/h2-5H,6-9H2,1H3,(H,24,28)(H,25,26). The number of methoxy groups -OCH3 is 1. The third-order valence-corrected chi connectivity index (χ3v) is 5.91. The largest absolute Gasteiger partial charge is 0.435 e. The van der Waals surface area contributed by atoms with Crippen molar-refractivity contribution in [1.82, 2.24) is 15.1 Å². The average molecular weight is 433 g/mol. The Morgan fingerprint density at radius 3 is 2.59 bits per heavy atom. The molecule has 5 rings (SSSR count). The maximum Gasteiger partial charge on any atom is 0.435 e. The molecule has 29 heavy (non-hydrogen) atoms. The predicted octanol–water partition coefficient (Wildman–Crippen LogP) is 4.58. The number of anilines is 1. The van der Waals surface area contributed by atoms with Crippen molar-refractivity contribution in [3.8, 4) is 0 Å². The molecule has 2 aromatic rings. The lowest BCUT2D eigenvalue weighted by Crippen LogP contribution is -2.80. The van der Waals surface area contributed by atoms with Crippen LogP contribution in [0.15, 0.2) is 24.3 Å². The summed E-state index contributed by atoms with van der Waals surface area (Å²) in [7, 11) is 1.60. The van der Waals surface area contributed by atoms with Crippen LogP contribution in [-0.2, 0) is 17.5 Å². The molecule has 1 aromatic heterocycles. The van der Waals surface area contributed by atoms with Gasteiger partial charge in [-0.15, -0.1) is 0 Å². The molecule has 156 valence electrons. The molecule has 1 heterocycles. The van der Waals surface area contributed by atoms with E-state index in [1.807, 2.05) is 0 Å². The van der Waals surface area contributed by atoms with Crippen molar-refractivity contribution in [2.45, 2.75) is 43.1 Å². The van der Waals surface area contributed by atoms with E-state index < -0.39 is 29.3 Å². The second kappa shape index (κ2) is 6.60. The van der Waals surface area contributed by atoms with Gasteiger partial charge in [0.1, 0.15) is 5.82 Å². The van der Waals surface area contributed by atoms with E-state index in [4.69, 9.17) is 16.3 Å². The van der Waals surface area contributed by atoms with Crippen molar-refractivity contribution in [3.63, 3.8) is 0 Å². The number of hydrogen-bond donors (Lipinski definition) is 2. The number of nitrogens with one attached hydrogen (secondary N) is 2. The number of H-pyrrole nitrogens is 1. The highest BCUT2D eigenvalue weighted by molar-refractivity contribution is 6.31. The summed E-state index contributed by atoms with van der Waals surface area (Å²) >= 11 is 5.75. The number of aromatic amines is 1. The van der Waals surface area contributed by atoms with Gasteiger partial charge in [0.05, 0.1) is 28.4 Å². The van der Waals surface area contributed by atoms with E-state index in [-0.39, 0.29) is 28.5 Å². The van der Waals surface area contributed by atoms with Crippen molar-refractivity contribution in [1.29, 1.82) is 0 Å². The highest BCUT2D eigenvalue weighted by atomic mass is 35.5. The Morgan fingerprint density at radius 2 is 2.03 bits per heavy atom. The highest BCUT2D eigenvalue weighted by Gasteiger charge is 2.72. The Morgan fingerprint density at radius 1 is 1.34 bits per heavy atom. The fourth-order valence-electron chi connectivity index (χ4n) is 4.12. The minimum absolute atomic E-state index is 0.0936. The van der Waals surface area contributed by atoms with Crippen LogP contribution >= 0.6 is 11.6 Å². The summed E-state index contributed by atoms with van der Waals surface area (Å²) in [6, 6.07) is 4.10. The molecule has 3 aliphatic carbocycles. The lowest BCUT2D eigenvalue weighted by Gasteiger charge is -2.72. The van der Waals surface area contributed by atoms with E-state index in [0.717, 1.165) is 12.1 Å². The number of nitrogens with zero attached hydrogens (tertiary/aromatic N) is 2. The lowest BCUT2D eigenvalue weighted by molar-refractivity contribution is -0.269. The van der Waals surface area contributed by atoms with E-state index in [1.54, 1.807) is 7.11 Å². The Hall–Kier alpha value is -2.33. The minimum atomic E-state index is -4.58. The number of ether oxygens (including phenoxy) is 1. The smallest absolute Gasteiger partial charge is 0.378 e. The van der Waals surface area contributed by atoms with Crippen molar-refractivity contribution in [2.75, 3.05) is 12.4 Å². The summed E-state index contributed by atoms with van der Waals surface area (Å²) < 4.78 is 57.3. The SMILES string of the molecule is COC12CC(N(Cc3cc(C(F)(F)F)n[nH]3)C(=O)Nc3ccc(F)c(Cl)c3)(C1)C2. The van der Waals surface area contributed by atoms with Crippen LogP contribution < -0.4 is 5.32 Å². The van der Waals surface area contributed by atoms with Gasteiger partial charge in [-0.25, -0.2) is 9.18 Å². The molecule has 1 aromatic carbocycles. The van der Waals surface area contributed by atoms with Crippen molar-refractivity contribution in [2.24, 2.45) is 0 Å². The van der Waals surface area contributed by atoms with Gasteiger partial charge < -0.3 is 15.0 Å². The van der Waals surface area contributed by atoms with Crippen LogP contribution in [-0.4, -0.2) is 39.4 Å². The molecule has 0 aliphatic heterocycles. The molecule has 3 fully saturated rings. The highest BCUT2D eigenvalue weighted by Crippen LogP contribution is 2.65. The number of aromatic nitrogens is 2. The third-order valence-electron chi connectivity index (χ3n) is 5.63. The number of rotatable bonds is 5. The van der Waals surface area contributed by atoms with Crippen molar-refractivity contribution >= 4 is 23.3 Å². The molecule has 3 aliphatic rings. The molecule has 2 bridgehead atoms. The van der Waals surface area contributed by atoms with Crippen LogP contribution in [0.2, 0.25) is 5.02 Å². The van der Waals surface area contributed by atoms with Crippen LogP contribution in [0.3, 0.4) is 0 Å². The Bertz CT molecular complexity index is 942. The van der Waals surface area contributed by atoms with Gasteiger partial charge in [-0.2, -0.15) is 18.3 Å². The average Bonchev–Trinajstić information content (AvgIpc) is 3.04. The van der Waals surface area contributed by atoms with Gasteiger partial charge in [0.2, 0.25) is 0 Å². The van der Waals surface area contributed by atoms with Gasteiger partial charge in [-0.1, -0.05) is 11.6 Å². The number of hydrogen-bond acceptors (Lipinski definition) is 3. The topological polar surface area (TPSA) is 70.2 Å². The summed E-state index contributed by atoms with van der Waals surface area (Å²) in [5.74, 6) is -0.625. The van der Waals surface area contributed by atoms with Crippen molar-refractivity contribution < 1.29 is 27.1 Å². The third kappa shape index (κ3) is 3.44. The Kier molecular flexibility index (Phi) is 4.54. The monoisotopic (exact) mass is 432 g/mol. The molecule has 0 unspecified atom stereocenters.